The molecule has 4 rings (SSSR count). The highest BCUT2D eigenvalue weighted by Gasteiger charge is 2.52. The van der Waals surface area contributed by atoms with E-state index in [1.807, 2.05) is 18.2 Å². The van der Waals surface area contributed by atoms with Gasteiger partial charge in [-0.2, -0.15) is 5.01 Å². The van der Waals surface area contributed by atoms with Crippen LogP contribution < -0.4 is 15.5 Å². The summed E-state index contributed by atoms with van der Waals surface area (Å²) in [5.41, 5.74) is 1.46. The van der Waals surface area contributed by atoms with E-state index >= 15 is 0 Å². The van der Waals surface area contributed by atoms with Crippen LogP contribution in [-0.2, 0) is 11.4 Å². The molecule has 0 unspecified atom stereocenters. The number of carbonyl (C=O) groups is 3. The van der Waals surface area contributed by atoms with Crippen molar-refractivity contribution >= 4 is 33.8 Å². The van der Waals surface area contributed by atoms with Crippen LogP contribution in [0.15, 0.2) is 45.3 Å². The van der Waals surface area contributed by atoms with Crippen molar-refractivity contribution in [1.82, 2.24) is 15.8 Å². The van der Waals surface area contributed by atoms with Gasteiger partial charge in [0.25, 0.3) is 5.91 Å². The highest BCUT2D eigenvalue weighted by Crippen LogP contribution is 2.33. The molecule has 1 aliphatic carbocycles. The fourth-order valence-corrected chi connectivity index (χ4v) is 4.04. The lowest BCUT2D eigenvalue weighted by Gasteiger charge is -2.30. The van der Waals surface area contributed by atoms with Gasteiger partial charge in [-0.05, 0) is 43.2 Å². The van der Waals surface area contributed by atoms with Crippen LogP contribution in [0.5, 0.6) is 5.75 Å². The zero-order valence-corrected chi connectivity index (χ0v) is 17.2. The van der Waals surface area contributed by atoms with E-state index in [2.05, 4.69) is 26.7 Å². The molecule has 29 heavy (non-hydrogen) atoms. The summed E-state index contributed by atoms with van der Waals surface area (Å²) in [4.78, 5) is 37.4. The van der Waals surface area contributed by atoms with E-state index in [1.165, 1.54) is 6.07 Å². The number of hydrazine groups is 1. The average molecular weight is 462 g/mol. The second kappa shape index (κ2) is 7.90. The Balaban J connectivity index is 1.38. The number of imide groups is 1. The number of urea groups is 1. The number of hydrogen-bond donors (Lipinski definition) is 2. The van der Waals surface area contributed by atoms with Crippen LogP contribution in [0.2, 0.25) is 0 Å². The van der Waals surface area contributed by atoms with Crippen LogP contribution in [0.4, 0.5) is 4.79 Å². The Morgan fingerprint density at radius 3 is 2.76 bits per heavy atom. The molecule has 1 saturated heterocycles. The Morgan fingerprint density at radius 2 is 2.00 bits per heavy atom. The van der Waals surface area contributed by atoms with Crippen molar-refractivity contribution in [2.24, 2.45) is 0 Å². The lowest BCUT2D eigenvalue weighted by atomic mass is 9.82. The minimum atomic E-state index is -0.894. The molecule has 2 aromatic rings. The van der Waals surface area contributed by atoms with Gasteiger partial charge in [-0.1, -0.05) is 41.3 Å². The third-order valence-corrected chi connectivity index (χ3v) is 5.64. The van der Waals surface area contributed by atoms with E-state index < -0.39 is 23.4 Å². The van der Waals surface area contributed by atoms with Gasteiger partial charge in [0.1, 0.15) is 23.7 Å². The molecule has 2 heterocycles. The molecule has 8 nitrogen and oxygen atoms in total. The average Bonchev–Trinajstić information content (AvgIpc) is 3.27. The maximum absolute atomic E-state index is 12.7. The lowest BCUT2D eigenvalue weighted by molar-refractivity contribution is -0.134. The fourth-order valence-electron chi connectivity index (χ4n) is 3.66. The summed E-state index contributed by atoms with van der Waals surface area (Å²) in [6.45, 7) is 0.135. The van der Waals surface area contributed by atoms with Crippen molar-refractivity contribution < 1.29 is 23.5 Å². The number of nitrogens with one attached hydrogen (secondary N) is 2. The van der Waals surface area contributed by atoms with Crippen molar-refractivity contribution in [3.63, 3.8) is 0 Å². The molecule has 0 bridgehead atoms. The summed E-state index contributed by atoms with van der Waals surface area (Å²) in [5, 5.41) is 3.50. The topological polar surface area (TPSA) is 101 Å². The van der Waals surface area contributed by atoms with Crippen LogP contribution in [0.1, 0.15) is 48.4 Å². The number of hydrogen-bond acceptors (Lipinski definition) is 5. The smallest absolute Gasteiger partial charge is 0.344 e. The Bertz CT molecular complexity index is 951. The standard InChI is InChI=1S/C20H20BrN3O5/c21-13-5-4-6-14(11-13)28-12-15-7-8-16(29-15)17(25)23-24-18(26)20(22-19(24)27)9-2-1-3-10-20/h4-8,11H,1-3,9-10,12H2,(H,22,27)(H,23,25). The quantitative estimate of drug-likeness (QED) is 0.663. The van der Waals surface area contributed by atoms with Gasteiger partial charge >= 0.3 is 11.9 Å². The molecule has 0 radical (unpaired) electrons. The molecule has 0 atom stereocenters. The highest BCUT2D eigenvalue weighted by atomic mass is 79.9. The van der Waals surface area contributed by atoms with Gasteiger partial charge in [-0.3, -0.25) is 9.59 Å². The number of ether oxygens (including phenoxy) is 1. The molecule has 152 valence electrons. The van der Waals surface area contributed by atoms with Crippen LogP contribution >= 0.6 is 15.9 Å². The summed E-state index contributed by atoms with van der Waals surface area (Å²) in [5.74, 6) is -0.00612. The highest BCUT2D eigenvalue weighted by molar-refractivity contribution is 9.10. The van der Waals surface area contributed by atoms with Crippen molar-refractivity contribution in [1.29, 1.82) is 0 Å². The summed E-state index contributed by atoms with van der Waals surface area (Å²) in [6.07, 6.45) is 3.94. The third kappa shape index (κ3) is 4.00. The number of furan rings is 1. The second-order valence-corrected chi connectivity index (χ2v) is 8.08. The van der Waals surface area contributed by atoms with Gasteiger partial charge in [0, 0.05) is 4.47 Å². The number of carbonyl (C=O) groups excluding carboxylic acids is 3. The molecule has 1 aromatic heterocycles. The summed E-state index contributed by atoms with van der Waals surface area (Å²) >= 11 is 3.37. The monoisotopic (exact) mass is 461 g/mol. The molecular weight excluding hydrogens is 442 g/mol. The number of amides is 4. The first-order valence-corrected chi connectivity index (χ1v) is 10.2. The summed E-state index contributed by atoms with van der Waals surface area (Å²) in [6, 6.07) is 9.82. The molecule has 1 aromatic carbocycles. The van der Waals surface area contributed by atoms with Gasteiger partial charge in [0.05, 0.1) is 0 Å². The van der Waals surface area contributed by atoms with Crippen LogP contribution in [-0.4, -0.2) is 28.4 Å². The number of benzene rings is 1. The molecule has 2 fully saturated rings. The molecule has 1 aliphatic heterocycles. The minimum Gasteiger partial charge on any atom is -0.486 e. The molecule has 9 heteroatoms. The SMILES string of the molecule is O=C(NN1C(=O)NC2(CCCCC2)C1=O)c1ccc(COc2cccc(Br)c2)o1. The Hall–Kier alpha value is -2.81. The third-order valence-electron chi connectivity index (χ3n) is 5.14. The molecule has 2 N–H and O–H groups in total. The molecule has 1 saturated carbocycles. The van der Waals surface area contributed by atoms with Crippen molar-refractivity contribution in [2.45, 2.75) is 44.2 Å². The lowest BCUT2D eigenvalue weighted by Crippen LogP contribution is -2.50. The van der Waals surface area contributed by atoms with Crippen LogP contribution in [0, 0.1) is 0 Å². The van der Waals surface area contributed by atoms with Gasteiger partial charge in [-0.25, -0.2) is 10.2 Å². The fraction of sp³-hybridized carbons (Fsp3) is 0.350. The van der Waals surface area contributed by atoms with Gasteiger partial charge in [0.2, 0.25) is 0 Å². The minimum absolute atomic E-state index is 0.0111. The number of halogens is 1. The van der Waals surface area contributed by atoms with Crippen LogP contribution in [0.25, 0.3) is 0 Å². The predicted molar refractivity (Wildman–Crippen MR) is 106 cm³/mol. The van der Waals surface area contributed by atoms with Crippen molar-refractivity contribution in [3.05, 3.63) is 52.4 Å². The van der Waals surface area contributed by atoms with E-state index in [0.717, 1.165) is 28.7 Å². The Morgan fingerprint density at radius 1 is 1.21 bits per heavy atom. The van der Waals surface area contributed by atoms with E-state index in [4.69, 9.17) is 9.15 Å². The van der Waals surface area contributed by atoms with E-state index in [-0.39, 0.29) is 12.4 Å². The first-order chi connectivity index (χ1) is 14.0. The van der Waals surface area contributed by atoms with E-state index in [1.54, 1.807) is 12.1 Å². The molecule has 1 spiro atoms. The first kappa shape index (κ1) is 19.5. The van der Waals surface area contributed by atoms with Crippen LogP contribution in [0.3, 0.4) is 0 Å². The second-order valence-electron chi connectivity index (χ2n) is 7.17. The Labute approximate surface area is 175 Å². The van der Waals surface area contributed by atoms with Gasteiger partial charge < -0.3 is 14.5 Å². The molecule has 4 amide bonds. The predicted octanol–water partition coefficient (Wildman–Crippen LogP) is 3.52. The maximum Gasteiger partial charge on any atom is 0.344 e. The van der Waals surface area contributed by atoms with Crippen molar-refractivity contribution in [2.75, 3.05) is 0 Å². The molecular formula is C20H20BrN3O5. The Kier molecular flexibility index (Phi) is 5.31. The number of nitrogens with zero attached hydrogens (tertiary/aromatic N) is 1. The first-order valence-electron chi connectivity index (χ1n) is 9.42. The zero-order valence-electron chi connectivity index (χ0n) is 15.6. The maximum atomic E-state index is 12.7. The summed E-state index contributed by atoms with van der Waals surface area (Å²) in [7, 11) is 0. The normalized spacial score (nSPS) is 18.0. The van der Waals surface area contributed by atoms with Gasteiger partial charge in [-0.15, -0.1) is 0 Å². The van der Waals surface area contributed by atoms with Gasteiger partial charge in [0.15, 0.2) is 5.76 Å². The van der Waals surface area contributed by atoms with Crippen molar-refractivity contribution in [3.8, 4) is 5.75 Å². The summed E-state index contributed by atoms with van der Waals surface area (Å²) < 4.78 is 12.0. The number of rotatable bonds is 5. The molecule has 2 aliphatic rings. The zero-order chi connectivity index (χ0) is 20.4. The van der Waals surface area contributed by atoms with E-state index in [0.29, 0.717) is 24.4 Å². The largest absolute Gasteiger partial charge is 0.486 e. The van der Waals surface area contributed by atoms with E-state index in [9.17, 15) is 14.4 Å².